The summed E-state index contributed by atoms with van der Waals surface area (Å²) in [5.74, 6) is -0.884. The second-order valence-corrected chi connectivity index (χ2v) is 3.48. The molecule has 5 heteroatoms. The van der Waals surface area contributed by atoms with Crippen molar-refractivity contribution in [2.45, 2.75) is 32.2 Å². The number of rotatable bonds is 9. The predicted molar refractivity (Wildman–Crippen MR) is 56.7 cm³/mol. The Bertz CT molecular complexity index is 169. The molecule has 0 fully saturated rings. The molecule has 0 radical (unpaired) electrons. The van der Waals surface area contributed by atoms with Gasteiger partial charge in [0.15, 0.2) is 0 Å². The predicted octanol–water partition coefficient (Wildman–Crippen LogP) is -0.0836. The van der Waals surface area contributed by atoms with Crippen LogP contribution in [0, 0.1) is 0 Å². The molecule has 0 spiro atoms. The molecular weight excluding hydrogens is 198 g/mol. The highest BCUT2D eigenvalue weighted by atomic mass is 16.4. The van der Waals surface area contributed by atoms with Crippen molar-refractivity contribution >= 4 is 5.97 Å². The van der Waals surface area contributed by atoms with Gasteiger partial charge in [-0.05, 0) is 6.42 Å². The van der Waals surface area contributed by atoms with Gasteiger partial charge in [-0.1, -0.05) is 19.8 Å². The van der Waals surface area contributed by atoms with Gasteiger partial charge < -0.3 is 15.3 Å². The Hall–Kier alpha value is -0.650. The normalized spacial score (nSPS) is 13.1. The van der Waals surface area contributed by atoms with Crippen LogP contribution < -0.4 is 0 Å². The maximum absolute atomic E-state index is 11.0. The first-order valence-corrected chi connectivity index (χ1v) is 5.35. The van der Waals surface area contributed by atoms with Crippen LogP contribution in [0.3, 0.4) is 0 Å². The van der Waals surface area contributed by atoms with Gasteiger partial charge in [-0.15, -0.1) is 0 Å². The van der Waals surface area contributed by atoms with Crippen molar-refractivity contribution in [3.63, 3.8) is 0 Å². The van der Waals surface area contributed by atoms with E-state index in [-0.39, 0.29) is 13.2 Å². The van der Waals surface area contributed by atoms with Crippen molar-refractivity contribution < 1.29 is 20.1 Å². The first-order valence-electron chi connectivity index (χ1n) is 5.35. The largest absolute Gasteiger partial charge is 0.480 e. The Kier molecular flexibility index (Phi) is 8.27. The molecular formula is C10H21NO4. The first-order chi connectivity index (χ1) is 7.17. The van der Waals surface area contributed by atoms with Crippen molar-refractivity contribution in [1.29, 1.82) is 0 Å². The Balaban J connectivity index is 4.30. The summed E-state index contributed by atoms with van der Waals surface area (Å²) in [5.41, 5.74) is 0. The van der Waals surface area contributed by atoms with Crippen LogP contribution >= 0.6 is 0 Å². The second-order valence-electron chi connectivity index (χ2n) is 3.48. The lowest BCUT2D eigenvalue weighted by Crippen LogP contribution is -2.44. The van der Waals surface area contributed by atoms with Crippen molar-refractivity contribution in [2.24, 2.45) is 0 Å². The number of aliphatic hydroxyl groups is 2. The van der Waals surface area contributed by atoms with Crippen LogP contribution in [0.2, 0.25) is 0 Å². The molecule has 3 N–H and O–H groups in total. The Morgan fingerprint density at radius 2 is 1.80 bits per heavy atom. The first kappa shape index (κ1) is 14.3. The second kappa shape index (κ2) is 8.64. The summed E-state index contributed by atoms with van der Waals surface area (Å²) in [6, 6.07) is -0.593. The fraction of sp³-hybridized carbons (Fsp3) is 0.900. The van der Waals surface area contributed by atoms with E-state index in [9.17, 15) is 4.79 Å². The maximum atomic E-state index is 11.0. The molecule has 0 rings (SSSR count). The molecule has 0 amide bonds. The van der Waals surface area contributed by atoms with Gasteiger partial charge in [0.25, 0.3) is 0 Å². The zero-order chi connectivity index (χ0) is 11.7. The van der Waals surface area contributed by atoms with Gasteiger partial charge in [0.2, 0.25) is 0 Å². The fourth-order valence-corrected chi connectivity index (χ4v) is 1.54. The number of carboxylic acids is 1. The summed E-state index contributed by atoms with van der Waals surface area (Å²) in [6.07, 6.45) is 2.34. The molecule has 0 saturated heterocycles. The van der Waals surface area contributed by atoms with Crippen molar-refractivity contribution in [3.05, 3.63) is 0 Å². The Morgan fingerprint density at radius 3 is 2.13 bits per heavy atom. The highest BCUT2D eigenvalue weighted by Gasteiger charge is 2.23. The summed E-state index contributed by atoms with van der Waals surface area (Å²) in [4.78, 5) is 12.6. The Morgan fingerprint density at radius 1 is 1.27 bits per heavy atom. The molecule has 0 aromatic rings. The molecule has 0 saturated carbocycles. The monoisotopic (exact) mass is 219 g/mol. The quantitative estimate of drug-likeness (QED) is 0.505. The van der Waals surface area contributed by atoms with Gasteiger partial charge >= 0.3 is 5.97 Å². The van der Waals surface area contributed by atoms with E-state index in [0.29, 0.717) is 19.5 Å². The SMILES string of the molecule is CCCCC(C(=O)O)N(CCO)CCO. The third-order valence-electron chi connectivity index (χ3n) is 2.33. The average molecular weight is 219 g/mol. The molecule has 0 aliphatic heterocycles. The van der Waals surface area contributed by atoms with E-state index in [1.807, 2.05) is 6.92 Å². The standard InChI is InChI=1S/C10H21NO4/c1-2-3-4-9(10(14)15)11(5-7-12)6-8-13/h9,12-13H,2-8H2,1H3,(H,14,15). The van der Waals surface area contributed by atoms with Gasteiger partial charge in [-0.2, -0.15) is 0 Å². The van der Waals surface area contributed by atoms with E-state index in [0.717, 1.165) is 12.8 Å². The molecule has 15 heavy (non-hydrogen) atoms. The zero-order valence-electron chi connectivity index (χ0n) is 9.22. The lowest BCUT2D eigenvalue weighted by atomic mass is 10.1. The molecule has 0 aliphatic carbocycles. The van der Waals surface area contributed by atoms with Crippen LogP contribution in [0.1, 0.15) is 26.2 Å². The summed E-state index contributed by atoms with van der Waals surface area (Å²) in [5, 5.41) is 26.6. The van der Waals surface area contributed by atoms with E-state index in [1.165, 1.54) is 0 Å². The van der Waals surface area contributed by atoms with Crippen LogP contribution in [0.15, 0.2) is 0 Å². The lowest BCUT2D eigenvalue weighted by Gasteiger charge is -2.27. The van der Waals surface area contributed by atoms with Crippen LogP contribution in [0.25, 0.3) is 0 Å². The molecule has 0 heterocycles. The van der Waals surface area contributed by atoms with E-state index in [1.54, 1.807) is 4.90 Å². The van der Waals surface area contributed by atoms with Gasteiger partial charge in [-0.25, -0.2) is 0 Å². The van der Waals surface area contributed by atoms with Crippen LogP contribution in [0.4, 0.5) is 0 Å². The van der Waals surface area contributed by atoms with E-state index in [2.05, 4.69) is 0 Å². The summed E-state index contributed by atoms with van der Waals surface area (Å²) in [6.45, 7) is 2.41. The minimum Gasteiger partial charge on any atom is -0.480 e. The fourth-order valence-electron chi connectivity index (χ4n) is 1.54. The van der Waals surface area contributed by atoms with Gasteiger partial charge in [0, 0.05) is 13.1 Å². The number of hydrogen-bond acceptors (Lipinski definition) is 4. The molecule has 0 aromatic heterocycles. The number of carboxylic acid groups (broad SMARTS) is 1. The minimum atomic E-state index is -0.884. The maximum Gasteiger partial charge on any atom is 0.320 e. The molecule has 0 bridgehead atoms. The van der Waals surface area contributed by atoms with Gasteiger partial charge in [0.1, 0.15) is 6.04 Å². The topological polar surface area (TPSA) is 81.0 Å². The number of hydrogen-bond donors (Lipinski definition) is 3. The van der Waals surface area contributed by atoms with Crippen LogP contribution in [-0.4, -0.2) is 58.5 Å². The average Bonchev–Trinajstić information content (AvgIpc) is 2.18. The molecule has 1 unspecified atom stereocenters. The summed E-state index contributed by atoms with van der Waals surface area (Å²) >= 11 is 0. The van der Waals surface area contributed by atoms with Crippen LogP contribution in [0.5, 0.6) is 0 Å². The molecule has 0 aromatic carbocycles. The summed E-state index contributed by atoms with van der Waals surface area (Å²) in [7, 11) is 0. The van der Waals surface area contributed by atoms with Crippen molar-refractivity contribution in [3.8, 4) is 0 Å². The van der Waals surface area contributed by atoms with Gasteiger partial charge in [0.05, 0.1) is 13.2 Å². The number of aliphatic hydroxyl groups excluding tert-OH is 2. The van der Waals surface area contributed by atoms with Crippen molar-refractivity contribution in [1.82, 2.24) is 4.90 Å². The van der Waals surface area contributed by atoms with Gasteiger partial charge in [-0.3, -0.25) is 9.69 Å². The van der Waals surface area contributed by atoms with Crippen LogP contribution in [-0.2, 0) is 4.79 Å². The lowest BCUT2D eigenvalue weighted by molar-refractivity contribution is -0.144. The molecule has 90 valence electrons. The third kappa shape index (κ3) is 5.71. The molecule has 5 nitrogen and oxygen atoms in total. The number of unbranched alkanes of at least 4 members (excludes halogenated alkanes) is 1. The summed E-state index contributed by atoms with van der Waals surface area (Å²) < 4.78 is 0. The zero-order valence-corrected chi connectivity index (χ0v) is 9.22. The highest BCUT2D eigenvalue weighted by molar-refractivity contribution is 5.73. The number of nitrogens with zero attached hydrogens (tertiary/aromatic N) is 1. The van der Waals surface area contributed by atoms with E-state index >= 15 is 0 Å². The van der Waals surface area contributed by atoms with E-state index < -0.39 is 12.0 Å². The number of aliphatic carboxylic acids is 1. The highest BCUT2D eigenvalue weighted by Crippen LogP contribution is 2.08. The Labute approximate surface area is 90.3 Å². The molecule has 0 aliphatic rings. The minimum absolute atomic E-state index is 0.0874. The van der Waals surface area contributed by atoms with Crippen molar-refractivity contribution in [2.75, 3.05) is 26.3 Å². The van der Waals surface area contributed by atoms with E-state index in [4.69, 9.17) is 15.3 Å². The third-order valence-corrected chi connectivity index (χ3v) is 2.33. The smallest absolute Gasteiger partial charge is 0.320 e. The number of carbonyl (C=O) groups is 1. The molecule has 1 atom stereocenters.